The van der Waals surface area contributed by atoms with Crippen molar-refractivity contribution in [2.75, 3.05) is 14.1 Å². The van der Waals surface area contributed by atoms with E-state index in [1.165, 1.54) is 76.2 Å². The summed E-state index contributed by atoms with van der Waals surface area (Å²) in [6.07, 6.45) is 15.7. The Balaban J connectivity index is 2.07. The third-order valence-electron chi connectivity index (χ3n) is 5.60. The van der Waals surface area contributed by atoms with Gasteiger partial charge in [-0.05, 0) is 19.8 Å². The number of nitrogens with zero attached hydrogens (tertiary/aromatic N) is 1. The number of quaternary nitrogens is 1. The van der Waals surface area contributed by atoms with Crippen molar-refractivity contribution in [1.82, 2.24) is 0 Å². The van der Waals surface area contributed by atoms with Gasteiger partial charge >= 0.3 is 0 Å². The predicted molar refractivity (Wildman–Crippen MR) is 108 cm³/mol. The molecule has 0 saturated carbocycles. The minimum Gasteiger partial charge on any atom is -0.323 e. The second-order valence-corrected chi connectivity index (χ2v) is 8.24. The molecule has 1 aromatic carbocycles. The van der Waals surface area contributed by atoms with E-state index in [0.29, 0.717) is 0 Å². The van der Waals surface area contributed by atoms with Gasteiger partial charge in [-0.2, -0.15) is 0 Å². The zero-order valence-corrected chi connectivity index (χ0v) is 16.9. The summed E-state index contributed by atoms with van der Waals surface area (Å²) in [5.74, 6) is 0. The maximum atomic E-state index is 2.43. The van der Waals surface area contributed by atoms with Gasteiger partial charge in [0.25, 0.3) is 0 Å². The Hall–Kier alpha value is -0.820. The third kappa shape index (κ3) is 9.47. The van der Waals surface area contributed by atoms with E-state index in [1.54, 1.807) is 0 Å². The van der Waals surface area contributed by atoms with Crippen LogP contribution in [0.2, 0.25) is 0 Å². The molecule has 1 rings (SSSR count). The second kappa shape index (κ2) is 12.5. The van der Waals surface area contributed by atoms with Crippen LogP contribution in [0.3, 0.4) is 0 Å². The SMILES string of the molecule is CCCCCCCCCCCCC(C)[N+](C)(C)Cc1ccccc1. The highest BCUT2D eigenvalue weighted by molar-refractivity contribution is 5.13. The smallest absolute Gasteiger partial charge is 0.104 e. The predicted octanol–water partition coefficient (Wildman–Crippen LogP) is 6.96. The molecule has 0 saturated heterocycles. The highest BCUT2D eigenvalue weighted by Gasteiger charge is 2.23. The van der Waals surface area contributed by atoms with E-state index in [4.69, 9.17) is 0 Å². The molecule has 1 atom stereocenters. The summed E-state index contributed by atoms with van der Waals surface area (Å²) >= 11 is 0. The molecular formula is C23H42N+. The first-order valence-electron chi connectivity index (χ1n) is 10.4. The van der Waals surface area contributed by atoms with E-state index in [-0.39, 0.29) is 0 Å². The molecule has 0 amide bonds. The van der Waals surface area contributed by atoms with Gasteiger partial charge in [-0.15, -0.1) is 0 Å². The van der Waals surface area contributed by atoms with Gasteiger partial charge in [0, 0.05) is 5.56 Å². The Morgan fingerprint density at radius 2 is 1.25 bits per heavy atom. The normalized spacial score (nSPS) is 13.2. The summed E-state index contributed by atoms with van der Waals surface area (Å²) in [7, 11) is 4.77. The highest BCUT2D eigenvalue weighted by Crippen LogP contribution is 2.19. The van der Waals surface area contributed by atoms with Crippen LogP contribution in [-0.4, -0.2) is 24.6 Å². The molecule has 0 heterocycles. The standard InChI is InChI=1S/C23H42N/c1-5-6-7-8-9-10-11-12-13-15-18-22(2)24(3,4)21-23-19-16-14-17-20-23/h14,16-17,19-20,22H,5-13,15,18,21H2,1-4H3/q+1. The van der Waals surface area contributed by atoms with E-state index in [0.717, 1.165) is 17.1 Å². The molecule has 0 N–H and O–H groups in total. The van der Waals surface area contributed by atoms with Crippen molar-refractivity contribution in [3.05, 3.63) is 35.9 Å². The molecular weight excluding hydrogens is 290 g/mol. The Kier molecular flexibility index (Phi) is 11.1. The molecule has 0 spiro atoms. The molecule has 0 aliphatic rings. The van der Waals surface area contributed by atoms with Crippen LogP contribution in [0, 0.1) is 0 Å². The van der Waals surface area contributed by atoms with E-state index in [2.05, 4.69) is 58.3 Å². The Morgan fingerprint density at radius 1 is 0.750 bits per heavy atom. The summed E-state index contributed by atoms with van der Waals surface area (Å²) < 4.78 is 1.10. The van der Waals surface area contributed by atoms with Crippen LogP contribution >= 0.6 is 0 Å². The van der Waals surface area contributed by atoms with Crippen molar-refractivity contribution in [2.45, 2.75) is 97.1 Å². The molecule has 0 bridgehead atoms. The molecule has 0 aliphatic carbocycles. The van der Waals surface area contributed by atoms with Crippen LogP contribution in [0.25, 0.3) is 0 Å². The van der Waals surface area contributed by atoms with Gasteiger partial charge in [0.05, 0.1) is 20.1 Å². The summed E-state index contributed by atoms with van der Waals surface area (Å²) in [4.78, 5) is 0. The number of unbranched alkanes of at least 4 members (excludes halogenated alkanes) is 9. The molecule has 1 unspecified atom stereocenters. The van der Waals surface area contributed by atoms with Crippen molar-refractivity contribution < 1.29 is 4.48 Å². The van der Waals surface area contributed by atoms with E-state index in [1.807, 2.05) is 0 Å². The van der Waals surface area contributed by atoms with Crippen LogP contribution in [0.4, 0.5) is 0 Å². The average molecular weight is 333 g/mol. The summed E-state index contributed by atoms with van der Waals surface area (Å²) in [6.45, 7) is 5.86. The summed E-state index contributed by atoms with van der Waals surface area (Å²) in [5.41, 5.74) is 1.46. The van der Waals surface area contributed by atoms with E-state index >= 15 is 0 Å². The third-order valence-corrected chi connectivity index (χ3v) is 5.60. The van der Waals surface area contributed by atoms with Crippen LogP contribution in [0.5, 0.6) is 0 Å². The monoisotopic (exact) mass is 332 g/mol. The molecule has 138 valence electrons. The molecule has 1 heteroatoms. The Labute approximate surface area is 152 Å². The Bertz CT molecular complexity index is 396. The number of rotatable bonds is 14. The largest absolute Gasteiger partial charge is 0.323 e. The molecule has 0 aromatic heterocycles. The zero-order valence-electron chi connectivity index (χ0n) is 16.9. The Morgan fingerprint density at radius 3 is 1.79 bits per heavy atom. The van der Waals surface area contributed by atoms with Crippen LogP contribution in [-0.2, 0) is 6.54 Å². The van der Waals surface area contributed by atoms with Gasteiger partial charge in [-0.1, -0.05) is 95.0 Å². The number of hydrogen-bond acceptors (Lipinski definition) is 0. The molecule has 0 fully saturated rings. The molecule has 0 radical (unpaired) electrons. The molecule has 24 heavy (non-hydrogen) atoms. The number of hydrogen-bond donors (Lipinski definition) is 0. The fraction of sp³-hybridized carbons (Fsp3) is 0.739. The van der Waals surface area contributed by atoms with Gasteiger partial charge in [-0.25, -0.2) is 0 Å². The van der Waals surface area contributed by atoms with Crippen LogP contribution < -0.4 is 0 Å². The van der Waals surface area contributed by atoms with E-state index in [9.17, 15) is 0 Å². The van der Waals surface area contributed by atoms with Crippen molar-refractivity contribution in [1.29, 1.82) is 0 Å². The minimum atomic E-state index is 0.735. The first-order chi connectivity index (χ1) is 11.6. The zero-order chi connectivity index (χ0) is 17.7. The summed E-state index contributed by atoms with van der Waals surface area (Å²) in [6, 6.07) is 11.7. The first-order valence-corrected chi connectivity index (χ1v) is 10.4. The van der Waals surface area contributed by atoms with Crippen molar-refractivity contribution >= 4 is 0 Å². The van der Waals surface area contributed by atoms with Gasteiger partial charge in [-0.3, -0.25) is 0 Å². The lowest BCUT2D eigenvalue weighted by Crippen LogP contribution is -2.46. The van der Waals surface area contributed by atoms with Gasteiger partial charge < -0.3 is 4.48 Å². The summed E-state index contributed by atoms with van der Waals surface area (Å²) in [5, 5.41) is 0. The molecule has 1 nitrogen and oxygen atoms in total. The average Bonchev–Trinajstić information content (AvgIpc) is 2.57. The second-order valence-electron chi connectivity index (χ2n) is 8.24. The van der Waals surface area contributed by atoms with Gasteiger partial charge in [0.2, 0.25) is 0 Å². The van der Waals surface area contributed by atoms with Gasteiger partial charge in [0.15, 0.2) is 0 Å². The van der Waals surface area contributed by atoms with Crippen LogP contribution in [0.1, 0.15) is 90.0 Å². The first kappa shape index (κ1) is 21.2. The fourth-order valence-electron chi connectivity index (χ4n) is 3.49. The lowest BCUT2D eigenvalue weighted by molar-refractivity contribution is -0.926. The van der Waals surface area contributed by atoms with Crippen LogP contribution in [0.15, 0.2) is 30.3 Å². The maximum absolute atomic E-state index is 2.43. The number of benzene rings is 1. The fourth-order valence-corrected chi connectivity index (χ4v) is 3.49. The van der Waals surface area contributed by atoms with Crippen molar-refractivity contribution in [3.63, 3.8) is 0 Å². The lowest BCUT2D eigenvalue weighted by Gasteiger charge is -2.36. The molecule has 0 aliphatic heterocycles. The minimum absolute atomic E-state index is 0.735. The van der Waals surface area contributed by atoms with Gasteiger partial charge in [0.1, 0.15) is 6.54 Å². The molecule has 1 aromatic rings. The van der Waals surface area contributed by atoms with Crippen molar-refractivity contribution in [2.24, 2.45) is 0 Å². The van der Waals surface area contributed by atoms with Crippen molar-refractivity contribution in [3.8, 4) is 0 Å². The van der Waals surface area contributed by atoms with E-state index < -0.39 is 0 Å². The topological polar surface area (TPSA) is 0 Å². The lowest BCUT2D eigenvalue weighted by atomic mass is 10.0. The highest BCUT2D eigenvalue weighted by atomic mass is 15.3. The maximum Gasteiger partial charge on any atom is 0.104 e. The quantitative estimate of drug-likeness (QED) is 0.255.